The number of anilines is 1. The van der Waals surface area contributed by atoms with Gasteiger partial charge in [0.1, 0.15) is 10.5 Å². The fourth-order valence-corrected chi connectivity index (χ4v) is 5.53. The van der Waals surface area contributed by atoms with Crippen LogP contribution in [0.25, 0.3) is 11.0 Å². The third kappa shape index (κ3) is 3.27. The highest BCUT2D eigenvalue weighted by molar-refractivity contribution is 7.89. The van der Waals surface area contributed by atoms with Crippen LogP contribution in [0.15, 0.2) is 53.7 Å². The molecule has 1 saturated heterocycles. The molecule has 1 aromatic carbocycles. The van der Waals surface area contributed by atoms with Crippen molar-refractivity contribution in [3.8, 4) is 0 Å². The fraction of sp³-hybridized carbons (Fsp3) is 0.350. The van der Waals surface area contributed by atoms with E-state index in [-0.39, 0.29) is 6.04 Å². The number of fused-ring (bicyclic) bond motifs is 1. The van der Waals surface area contributed by atoms with Gasteiger partial charge in [-0.05, 0) is 38.1 Å². The molecule has 0 aliphatic carbocycles. The molecule has 0 bridgehead atoms. The van der Waals surface area contributed by atoms with Crippen LogP contribution in [0.3, 0.4) is 0 Å². The molecule has 0 unspecified atom stereocenters. The summed E-state index contributed by atoms with van der Waals surface area (Å²) in [5, 5.41) is 1.36. The summed E-state index contributed by atoms with van der Waals surface area (Å²) < 4.78 is 30.3. The highest BCUT2D eigenvalue weighted by atomic mass is 35.5. The number of nitrogens with zero attached hydrogens (tertiary/aromatic N) is 4. The number of benzene rings is 1. The maximum atomic E-state index is 13.4. The maximum Gasteiger partial charge on any atom is 0.245 e. The third-order valence-electron chi connectivity index (χ3n) is 5.16. The van der Waals surface area contributed by atoms with Gasteiger partial charge in [0.15, 0.2) is 0 Å². The minimum absolute atomic E-state index is 0.124. The SMILES string of the molecule is CC(C)n1cc(S(=O)(=O)N2CCN(c3ccccc3Cl)CC2)c2cccnc21. The van der Waals surface area contributed by atoms with Crippen LogP contribution in [0.5, 0.6) is 0 Å². The number of halogens is 1. The van der Waals surface area contributed by atoms with Crippen molar-refractivity contribution in [1.82, 2.24) is 13.9 Å². The first-order valence-corrected chi connectivity index (χ1v) is 11.2. The molecule has 28 heavy (non-hydrogen) atoms. The molecule has 1 fully saturated rings. The van der Waals surface area contributed by atoms with Crippen molar-refractivity contribution in [1.29, 1.82) is 0 Å². The lowest BCUT2D eigenvalue weighted by Crippen LogP contribution is -2.48. The standard InChI is InChI=1S/C20H23ClN4O2S/c1-15(2)25-14-19(16-6-5-9-22-20(16)25)28(26,27)24-12-10-23(11-13-24)18-8-4-3-7-17(18)21/h3-9,14-15H,10-13H2,1-2H3. The normalized spacial score (nSPS) is 16.2. The summed E-state index contributed by atoms with van der Waals surface area (Å²) in [5.41, 5.74) is 1.65. The number of aromatic nitrogens is 2. The van der Waals surface area contributed by atoms with E-state index in [2.05, 4.69) is 9.88 Å². The number of hydrogen-bond acceptors (Lipinski definition) is 4. The van der Waals surface area contributed by atoms with Crippen molar-refractivity contribution in [2.75, 3.05) is 31.1 Å². The average Bonchev–Trinajstić information content (AvgIpc) is 3.09. The van der Waals surface area contributed by atoms with Crippen LogP contribution in [-0.2, 0) is 10.0 Å². The molecule has 0 saturated carbocycles. The Balaban J connectivity index is 1.62. The molecular formula is C20H23ClN4O2S. The first-order valence-electron chi connectivity index (χ1n) is 9.35. The van der Waals surface area contributed by atoms with Crippen LogP contribution < -0.4 is 4.90 Å². The van der Waals surface area contributed by atoms with Crippen molar-refractivity contribution in [2.45, 2.75) is 24.8 Å². The van der Waals surface area contributed by atoms with Crippen LogP contribution in [0.1, 0.15) is 19.9 Å². The molecule has 1 aliphatic rings. The second-order valence-corrected chi connectivity index (χ2v) is 9.53. The zero-order chi connectivity index (χ0) is 19.9. The summed E-state index contributed by atoms with van der Waals surface area (Å²) in [7, 11) is -3.60. The van der Waals surface area contributed by atoms with Gasteiger partial charge in [0, 0.05) is 50.0 Å². The summed E-state index contributed by atoms with van der Waals surface area (Å²) in [6, 6.07) is 11.4. The molecule has 0 radical (unpaired) electrons. The molecular weight excluding hydrogens is 396 g/mol. The van der Waals surface area contributed by atoms with Crippen molar-refractivity contribution >= 4 is 38.3 Å². The van der Waals surface area contributed by atoms with Gasteiger partial charge in [-0.2, -0.15) is 4.31 Å². The number of para-hydroxylation sites is 1. The topological polar surface area (TPSA) is 58.4 Å². The smallest absolute Gasteiger partial charge is 0.245 e. The Labute approximate surface area is 170 Å². The largest absolute Gasteiger partial charge is 0.368 e. The van der Waals surface area contributed by atoms with Gasteiger partial charge in [0.2, 0.25) is 10.0 Å². The lowest BCUT2D eigenvalue weighted by Gasteiger charge is -2.35. The molecule has 0 amide bonds. The van der Waals surface area contributed by atoms with Crippen molar-refractivity contribution < 1.29 is 8.42 Å². The van der Waals surface area contributed by atoms with Gasteiger partial charge in [0.05, 0.1) is 10.7 Å². The first kappa shape index (κ1) is 19.2. The molecule has 148 valence electrons. The molecule has 6 nitrogen and oxygen atoms in total. The molecule has 4 rings (SSSR count). The molecule has 2 aromatic heterocycles. The van der Waals surface area contributed by atoms with Crippen LogP contribution >= 0.6 is 11.6 Å². The van der Waals surface area contributed by atoms with Gasteiger partial charge < -0.3 is 9.47 Å². The quantitative estimate of drug-likeness (QED) is 0.647. The lowest BCUT2D eigenvalue weighted by atomic mass is 10.2. The summed E-state index contributed by atoms with van der Waals surface area (Å²) >= 11 is 6.29. The summed E-state index contributed by atoms with van der Waals surface area (Å²) in [6.07, 6.45) is 3.41. The van der Waals surface area contributed by atoms with E-state index in [1.165, 1.54) is 0 Å². The highest BCUT2D eigenvalue weighted by Gasteiger charge is 2.32. The summed E-state index contributed by atoms with van der Waals surface area (Å²) in [6.45, 7) is 6.08. The molecule has 0 spiro atoms. The summed E-state index contributed by atoms with van der Waals surface area (Å²) in [5.74, 6) is 0. The van der Waals surface area contributed by atoms with E-state index in [1.807, 2.05) is 48.7 Å². The fourth-order valence-electron chi connectivity index (χ4n) is 3.67. The number of pyridine rings is 1. The van der Waals surface area contributed by atoms with Crippen LogP contribution in [-0.4, -0.2) is 48.5 Å². The van der Waals surface area contributed by atoms with Gasteiger partial charge in [-0.1, -0.05) is 23.7 Å². The Bertz CT molecular complexity index is 1100. The number of sulfonamides is 1. The predicted octanol–water partition coefficient (Wildman–Crippen LogP) is 3.78. The average molecular weight is 419 g/mol. The van der Waals surface area contributed by atoms with E-state index >= 15 is 0 Å². The van der Waals surface area contributed by atoms with E-state index in [4.69, 9.17) is 11.6 Å². The van der Waals surface area contributed by atoms with Crippen molar-refractivity contribution in [3.05, 3.63) is 53.8 Å². The number of rotatable bonds is 4. The van der Waals surface area contributed by atoms with E-state index in [1.54, 1.807) is 22.8 Å². The van der Waals surface area contributed by atoms with Crippen LogP contribution in [0.4, 0.5) is 5.69 Å². The molecule has 0 N–H and O–H groups in total. The van der Waals surface area contributed by atoms with E-state index < -0.39 is 10.0 Å². The minimum atomic E-state index is -3.60. The molecule has 3 aromatic rings. The van der Waals surface area contributed by atoms with Gasteiger partial charge in [-0.3, -0.25) is 0 Å². The number of piperazine rings is 1. The maximum absolute atomic E-state index is 13.4. The van der Waals surface area contributed by atoms with Gasteiger partial charge >= 0.3 is 0 Å². The monoisotopic (exact) mass is 418 g/mol. The Morgan fingerprint density at radius 3 is 2.43 bits per heavy atom. The lowest BCUT2D eigenvalue weighted by molar-refractivity contribution is 0.385. The predicted molar refractivity (Wildman–Crippen MR) is 113 cm³/mol. The Morgan fingerprint density at radius 2 is 1.75 bits per heavy atom. The van der Waals surface area contributed by atoms with E-state index in [9.17, 15) is 8.42 Å². The van der Waals surface area contributed by atoms with E-state index in [0.29, 0.717) is 47.1 Å². The highest BCUT2D eigenvalue weighted by Crippen LogP contribution is 2.31. The molecule has 8 heteroatoms. The second-order valence-electron chi connectivity index (χ2n) is 7.21. The molecule has 0 atom stereocenters. The zero-order valence-corrected chi connectivity index (χ0v) is 17.5. The first-order chi connectivity index (χ1) is 13.4. The molecule has 1 aliphatic heterocycles. The van der Waals surface area contributed by atoms with E-state index in [0.717, 1.165) is 5.69 Å². The van der Waals surface area contributed by atoms with Crippen molar-refractivity contribution in [3.63, 3.8) is 0 Å². The van der Waals surface area contributed by atoms with Crippen LogP contribution in [0, 0.1) is 0 Å². The van der Waals surface area contributed by atoms with Gasteiger partial charge in [0.25, 0.3) is 0 Å². The second kappa shape index (κ2) is 7.39. The Morgan fingerprint density at radius 1 is 1.04 bits per heavy atom. The summed E-state index contributed by atoms with van der Waals surface area (Å²) in [4.78, 5) is 6.86. The molecule has 3 heterocycles. The number of hydrogen-bond donors (Lipinski definition) is 0. The van der Waals surface area contributed by atoms with Crippen LogP contribution in [0.2, 0.25) is 5.02 Å². The van der Waals surface area contributed by atoms with Gasteiger partial charge in [-0.25, -0.2) is 13.4 Å². The Kier molecular flexibility index (Phi) is 5.07. The minimum Gasteiger partial charge on any atom is -0.368 e. The third-order valence-corrected chi connectivity index (χ3v) is 7.40. The zero-order valence-electron chi connectivity index (χ0n) is 15.9. The van der Waals surface area contributed by atoms with Gasteiger partial charge in [-0.15, -0.1) is 0 Å². The Hall–Kier alpha value is -2.09. The van der Waals surface area contributed by atoms with Crippen molar-refractivity contribution in [2.24, 2.45) is 0 Å².